The molecule has 0 saturated carbocycles. The van der Waals surface area contributed by atoms with Gasteiger partial charge in [-0.05, 0) is 24.9 Å². The number of H-pyrrole nitrogens is 1. The lowest BCUT2D eigenvalue weighted by molar-refractivity contribution is -0.143. The molecule has 3 nitrogen and oxygen atoms in total. The Balaban J connectivity index is 2.03. The lowest BCUT2D eigenvalue weighted by atomic mass is 9.92. The zero-order valence-electron chi connectivity index (χ0n) is 12.6. The molecule has 1 aliphatic rings. The van der Waals surface area contributed by atoms with Gasteiger partial charge in [0.1, 0.15) is 4.64 Å². The van der Waals surface area contributed by atoms with Gasteiger partial charge in [0.05, 0.1) is 6.54 Å². The van der Waals surface area contributed by atoms with Gasteiger partial charge in [0.15, 0.2) is 0 Å². The number of aromatic amines is 1. The molecule has 0 amide bonds. The predicted molar refractivity (Wildman–Crippen MR) is 78.9 cm³/mol. The molecule has 1 aromatic heterocycles. The van der Waals surface area contributed by atoms with Gasteiger partial charge >= 0.3 is 6.18 Å². The van der Waals surface area contributed by atoms with Crippen molar-refractivity contribution >= 4 is 12.2 Å². The number of alkyl halides is 3. The molecular weight excluding hydrogens is 299 g/mol. The van der Waals surface area contributed by atoms with Gasteiger partial charge in [-0.2, -0.15) is 13.2 Å². The van der Waals surface area contributed by atoms with Gasteiger partial charge in [0.2, 0.25) is 0 Å². The van der Waals surface area contributed by atoms with Gasteiger partial charge in [-0.15, -0.1) is 0 Å². The van der Waals surface area contributed by atoms with Crippen molar-refractivity contribution in [3.8, 4) is 0 Å². The summed E-state index contributed by atoms with van der Waals surface area (Å²) in [5.41, 5.74) is 1.06. The molecule has 0 aromatic carbocycles. The molecule has 21 heavy (non-hydrogen) atoms. The fraction of sp³-hybridized carbons (Fsp3) is 0.786. The molecule has 120 valence electrons. The maximum Gasteiger partial charge on any atom is 0.401 e. The fourth-order valence-electron chi connectivity index (χ4n) is 2.91. The number of hydrogen-bond donors (Lipinski definition) is 1. The number of nitrogens with zero attached hydrogens (tertiary/aromatic N) is 2. The zero-order chi connectivity index (χ0) is 15.8. The van der Waals surface area contributed by atoms with E-state index in [0.29, 0.717) is 24.3 Å². The second kappa shape index (κ2) is 5.76. The second-order valence-corrected chi connectivity index (χ2v) is 7.31. The number of hydrogen-bond acceptors (Lipinski definition) is 2. The van der Waals surface area contributed by atoms with Gasteiger partial charge in [-0.1, -0.05) is 33.0 Å². The molecule has 1 unspecified atom stereocenters. The van der Waals surface area contributed by atoms with E-state index in [2.05, 4.69) is 25.9 Å². The summed E-state index contributed by atoms with van der Waals surface area (Å²) in [4.78, 5) is 1.49. The summed E-state index contributed by atoms with van der Waals surface area (Å²) in [6.07, 6.45) is -3.32. The summed E-state index contributed by atoms with van der Waals surface area (Å²) in [6, 6.07) is 1.94. The molecular formula is C14H22F3N3S. The minimum absolute atomic E-state index is 0.0438. The maximum absolute atomic E-state index is 12.4. The van der Waals surface area contributed by atoms with Crippen LogP contribution in [0, 0.1) is 10.6 Å². The van der Waals surface area contributed by atoms with Crippen LogP contribution in [0.4, 0.5) is 13.2 Å². The van der Waals surface area contributed by atoms with Crippen LogP contribution in [0.15, 0.2) is 6.07 Å². The standard InChI is InChI=1S/C14H22F3N3S/c1-13(2,3)11-6-12(21)18-20(11)8-10-4-5-19(7-10)9-14(15,16)17/h6,10H,4-5,7-9H2,1-3H3,(H,18,21). The van der Waals surface area contributed by atoms with E-state index in [1.54, 1.807) is 0 Å². The van der Waals surface area contributed by atoms with Crippen LogP contribution in [0.25, 0.3) is 0 Å². The SMILES string of the molecule is CC(C)(C)c1cc(=S)[nH]n1CC1CCN(CC(F)(F)F)C1. The first-order chi connectivity index (χ1) is 9.54. The van der Waals surface area contributed by atoms with Crippen LogP contribution < -0.4 is 0 Å². The van der Waals surface area contributed by atoms with Crippen molar-refractivity contribution in [3.63, 3.8) is 0 Å². The van der Waals surface area contributed by atoms with Crippen molar-refractivity contribution in [1.82, 2.24) is 14.7 Å². The quantitative estimate of drug-likeness (QED) is 0.858. The van der Waals surface area contributed by atoms with Crippen LogP contribution in [0.3, 0.4) is 0 Å². The number of halogens is 3. The smallest absolute Gasteiger partial charge is 0.295 e. The van der Waals surface area contributed by atoms with E-state index in [9.17, 15) is 13.2 Å². The fourth-order valence-corrected chi connectivity index (χ4v) is 3.13. The normalized spacial score (nSPS) is 21.1. The average Bonchev–Trinajstić information content (AvgIpc) is 2.83. The Kier molecular flexibility index (Phi) is 4.54. The summed E-state index contributed by atoms with van der Waals surface area (Å²) < 4.78 is 39.9. The molecule has 0 spiro atoms. The van der Waals surface area contributed by atoms with Crippen molar-refractivity contribution in [1.29, 1.82) is 0 Å². The van der Waals surface area contributed by atoms with Gasteiger partial charge in [-0.3, -0.25) is 14.7 Å². The van der Waals surface area contributed by atoms with E-state index in [-0.39, 0.29) is 11.3 Å². The minimum atomic E-state index is -4.11. The Hall–Kier alpha value is -0.820. The molecule has 1 N–H and O–H groups in total. The molecule has 0 aliphatic carbocycles. The Morgan fingerprint density at radius 2 is 2.00 bits per heavy atom. The molecule has 1 atom stereocenters. The summed E-state index contributed by atoms with van der Waals surface area (Å²) in [5.74, 6) is 0.228. The first kappa shape index (κ1) is 16.5. The Morgan fingerprint density at radius 1 is 1.33 bits per heavy atom. The van der Waals surface area contributed by atoms with Crippen molar-refractivity contribution in [2.24, 2.45) is 5.92 Å². The third-order valence-corrected chi connectivity index (χ3v) is 3.99. The lowest BCUT2D eigenvalue weighted by Gasteiger charge is -2.23. The van der Waals surface area contributed by atoms with E-state index >= 15 is 0 Å². The molecule has 7 heteroatoms. The van der Waals surface area contributed by atoms with E-state index in [0.717, 1.165) is 12.1 Å². The molecule has 1 aliphatic heterocycles. The van der Waals surface area contributed by atoms with E-state index in [1.807, 2.05) is 10.7 Å². The number of likely N-dealkylation sites (tertiary alicyclic amines) is 1. The van der Waals surface area contributed by atoms with E-state index in [4.69, 9.17) is 12.2 Å². The van der Waals surface area contributed by atoms with Crippen LogP contribution >= 0.6 is 12.2 Å². The minimum Gasteiger partial charge on any atom is -0.295 e. The lowest BCUT2D eigenvalue weighted by Crippen LogP contribution is -2.33. The summed E-state index contributed by atoms with van der Waals surface area (Å²) in [6.45, 7) is 7.19. The first-order valence-electron chi connectivity index (χ1n) is 7.14. The van der Waals surface area contributed by atoms with Crippen LogP contribution in [0.5, 0.6) is 0 Å². The summed E-state index contributed by atoms with van der Waals surface area (Å²) in [7, 11) is 0. The number of aromatic nitrogens is 2. The summed E-state index contributed by atoms with van der Waals surface area (Å²) in [5, 5.41) is 3.13. The van der Waals surface area contributed by atoms with Crippen LogP contribution in [0.2, 0.25) is 0 Å². The predicted octanol–water partition coefficient (Wildman–Crippen LogP) is 3.73. The zero-order valence-corrected chi connectivity index (χ0v) is 13.4. The van der Waals surface area contributed by atoms with Gasteiger partial charge in [0.25, 0.3) is 0 Å². The van der Waals surface area contributed by atoms with Crippen molar-refractivity contribution < 1.29 is 13.2 Å². The van der Waals surface area contributed by atoms with E-state index in [1.165, 1.54) is 4.90 Å². The molecule has 0 bridgehead atoms. The first-order valence-corrected chi connectivity index (χ1v) is 7.55. The van der Waals surface area contributed by atoms with Gasteiger partial charge in [0, 0.05) is 24.2 Å². The van der Waals surface area contributed by atoms with Gasteiger partial charge in [-0.25, -0.2) is 0 Å². The topological polar surface area (TPSA) is 24.0 Å². The second-order valence-electron chi connectivity index (χ2n) is 6.87. The van der Waals surface area contributed by atoms with Crippen LogP contribution in [0.1, 0.15) is 32.9 Å². The molecule has 2 heterocycles. The Bertz CT molecular complexity index is 539. The van der Waals surface area contributed by atoms with Crippen molar-refractivity contribution in [2.75, 3.05) is 19.6 Å². The highest BCUT2D eigenvalue weighted by Crippen LogP contribution is 2.26. The van der Waals surface area contributed by atoms with Crippen molar-refractivity contribution in [2.45, 2.75) is 45.3 Å². The molecule has 1 saturated heterocycles. The van der Waals surface area contributed by atoms with E-state index < -0.39 is 12.7 Å². The number of rotatable bonds is 3. The highest BCUT2D eigenvalue weighted by Gasteiger charge is 2.34. The number of nitrogens with one attached hydrogen (secondary N) is 1. The largest absolute Gasteiger partial charge is 0.401 e. The molecule has 0 radical (unpaired) electrons. The Labute approximate surface area is 128 Å². The average molecular weight is 321 g/mol. The summed E-state index contributed by atoms with van der Waals surface area (Å²) >= 11 is 5.19. The molecule has 1 aromatic rings. The monoisotopic (exact) mass is 321 g/mol. The third kappa shape index (κ3) is 4.57. The maximum atomic E-state index is 12.4. The van der Waals surface area contributed by atoms with Gasteiger partial charge < -0.3 is 0 Å². The molecule has 2 rings (SSSR count). The highest BCUT2D eigenvalue weighted by molar-refractivity contribution is 7.71. The third-order valence-electron chi connectivity index (χ3n) is 3.79. The molecule has 1 fully saturated rings. The van der Waals surface area contributed by atoms with Crippen LogP contribution in [-0.4, -0.2) is 40.5 Å². The van der Waals surface area contributed by atoms with Crippen molar-refractivity contribution in [3.05, 3.63) is 16.4 Å². The van der Waals surface area contributed by atoms with Crippen LogP contribution in [-0.2, 0) is 12.0 Å². The Morgan fingerprint density at radius 3 is 2.57 bits per heavy atom. The highest BCUT2D eigenvalue weighted by atomic mass is 32.1.